The van der Waals surface area contributed by atoms with Crippen LogP contribution in [0, 0.1) is 6.92 Å². The predicted molar refractivity (Wildman–Crippen MR) is 139 cm³/mol. The molecular formula is C31H29NO4. The van der Waals surface area contributed by atoms with Crippen molar-refractivity contribution in [3.8, 4) is 11.5 Å². The fourth-order valence-corrected chi connectivity index (χ4v) is 4.92. The van der Waals surface area contributed by atoms with E-state index in [0.717, 1.165) is 39.3 Å². The zero-order chi connectivity index (χ0) is 24.9. The number of para-hydroxylation sites is 1. The SMILES string of the molecule is COc1ccc([C@@H]2c3ccccc3O[C@H](NC(=O)OCc3ccccc3)[C@H]2c2ccccc2C)cc1. The van der Waals surface area contributed by atoms with Gasteiger partial charge in [-0.3, -0.25) is 5.32 Å². The Morgan fingerprint density at radius 3 is 2.22 bits per heavy atom. The van der Waals surface area contributed by atoms with Crippen LogP contribution >= 0.6 is 0 Å². The Balaban J connectivity index is 1.53. The molecule has 0 radical (unpaired) electrons. The van der Waals surface area contributed by atoms with E-state index in [1.165, 1.54) is 0 Å². The molecule has 0 aromatic heterocycles. The summed E-state index contributed by atoms with van der Waals surface area (Å²) in [5, 5.41) is 3.02. The maximum absolute atomic E-state index is 13.0. The quantitative estimate of drug-likeness (QED) is 0.340. The number of hydrogen-bond acceptors (Lipinski definition) is 4. The summed E-state index contributed by atoms with van der Waals surface area (Å²) >= 11 is 0. The molecule has 0 saturated carbocycles. The van der Waals surface area contributed by atoms with Crippen molar-refractivity contribution in [2.24, 2.45) is 0 Å². The molecule has 1 N–H and O–H groups in total. The first-order valence-corrected chi connectivity index (χ1v) is 12.1. The number of aryl methyl sites for hydroxylation is 1. The molecule has 0 fully saturated rings. The van der Waals surface area contributed by atoms with Crippen LogP contribution in [0.5, 0.6) is 11.5 Å². The second-order valence-corrected chi connectivity index (χ2v) is 8.92. The Morgan fingerprint density at radius 1 is 0.833 bits per heavy atom. The highest BCUT2D eigenvalue weighted by molar-refractivity contribution is 5.68. The normalized spacial score (nSPS) is 18.4. The van der Waals surface area contributed by atoms with Gasteiger partial charge in [-0.25, -0.2) is 4.79 Å². The van der Waals surface area contributed by atoms with Crippen molar-refractivity contribution in [3.63, 3.8) is 0 Å². The third kappa shape index (κ3) is 4.91. The maximum Gasteiger partial charge on any atom is 0.410 e. The summed E-state index contributed by atoms with van der Waals surface area (Å²) in [5.74, 6) is 1.31. The number of ether oxygens (including phenoxy) is 3. The highest BCUT2D eigenvalue weighted by Crippen LogP contribution is 2.49. The zero-order valence-electron chi connectivity index (χ0n) is 20.4. The van der Waals surface area contributed by atoms with Crippen LogP contribution in [-0.2, 0) is 11.3 Å². The van der Waals surface area contributed by atoms with Gasteiger partial charge in [-0.1, -0.05) is 84.9 Å². The van der Waals surface area contributed by atoms with Crippen molar-refractivity contribution >= 4 is 6.09 Å². The second-order valence-electron chi connectivity index (χ2n) is 8.92. The summed E-state index contributed by atoms with van der Waals surface area (Å²) in [6, 6.07) is 34.0. The minimum absolute atomic E-state index is 0.0543. The lowest BCUT2D eigenvalue weighted by Gasteiger charge is -2.40. The largest absolute Gasteiger partial charge is 0.497 e. The monoisotopic (exact) mass is 479 g/mol. The van der Waals surface area contributed by atoms with Crippen LogP contribution in [0.25, 0.3) is 0 Å². The molecule has 4 aromatic rings. The molecule has 36 heavy (non-hydrogen) atoms. The van der Waals surface area contributed by atoms with E-state index < -0.39 is 12.3 Å². The van der Waals surface area contributed by atoms with Gasteiger partial charge in [-0.05, 0) is 47.4 Å². The van der Waals surface area contributed by atoms with Crippen molar-refractivity contribution in [1.82, 2.24) is 5.32 Å². The summed E-state index contributed by atoms with van der Waals surface area (Å²) in [4.78, 5) is 13.0. The van der Waals surface area contributed by atoms with E-state index >= 15 is 0 Å². The van der Waals surface area contributed by atoms with E-state index in [0.29, 0.717) is 0 Å². The molecule has 0 bridgehead atoms. The number of nitrogens with one attached hydrogen (secondary N) is 1. The van der Waals surface area contributed by atoms with Gasteiger partial charge in [0.2, 0.25) is 0 Å². The molecule has 182 valence electrons. The molecule has 5 nitrogen and oxygen atoms in total. The molecule has 1 heterocycles. The van der Waals surface area contributed by atoms with Gasteiger partial charge in [-0.2, -0.15) is 0 Å². The molecule has 0 saturated heterocycles. The Kier molecular flexibility index (Phi) is 6.89. The van der Waals surface area contributed by atoms with Crippen LogP contribution in [0.2, 0.25) is 0 Å². The lowest BCUT2D eigenvalue weighted by molar-refractivity contribution is 0.0801. The second kappa shape index (κ2) is 10.6. The van der Waals surface area contributed by atoms with E-state index in [9.17, 15) is 4.79 Å². The number of methoxy groups -OCH3 is 1. The zero-order valence-corrected chi connectivity index (χ0v) is 20.4. The number of hydrogen-bond donors (Lipinski definition) is 1. The minimum atomic E-state index is -0.628. The van der Waals surface area contributed by atoms with Gasteiger partial charge < -0.3 is 14.2 Å². The average Bonchev–Trinajstić information content (AvgIpc) is 2.92. The van der Waals surface area contributed by atoms with E-state index in [1.807, 2.05) is 72.8 Å². The summed E-state index contributed by atoms with van der Waals surface area (Å²) < 4.78 is 17.4. The van der Waals surface area contributed by atoms with Crippen molar-refractivity contribution < 1.29 is 19.0 Å². The smallest absolute Gasteiger partial charge is 0.410 e. The van der Waals surface area contributed by atoms with E-state index in [2.05, 4.69) is 42.6 Å². The van der Waals surface area contributed by atoms with Crippen LogP contribution in [0.4, 0.5) is 4.79 Å². The molecule has 1 amide bonds. The maximum atomic E-state index is 13.0. The van der Waals surface area contributed by atoms with Crippen LogP contribution < -0.4 is 14.8 Å². The summed E-state index contributed by atoms with van der Waals surface area (Å²) in [5.41, 5.74) is 5.36. The third-order valence-electron chi connectivity index (χ3n) is 6.69. The molecule has 0 spiro atoms. The van der Waals surface area contributed by atoms with Crippen LogP contribution in [0.3, 0.4) is 0 Å². The molecule has 0 aliphatic carbocycles. The van der Waals surface area contributed by atoms with E-state index in [-0.39, 0.29) is 18.4 Å². The van der Waals surface area contributed by atoms with Crippen LogP contribution in [0.15, 0.2) is 103 Å². The summed E-state index contributed by atoms with van der Waals surface area (Å²) in [7, 11) is 1.66. The Labute approximate surface area is 211 Å². The van der Waals surface area contributed by atoms with Crippen molar-refractivity contribution in [2.45, 2.75) is 31.6 Å². The van der Waals surface area contributed by atoms with Gasteiger partial charge in [0.15, 0.2) is 6.23 Å². The van der Waals surface area contributed by atoms with Gasteiger partial charge in [0.25, 0.3) is 0 Å². The first-order valence-electron chi connectivity index (χ1n) is 12.1. The fraction of sp³-hybridized carbons (Fsp3) is 0.194. The first kappa shape index (κ1) is 23.5. The van der Waals surface area contributed by atoms with Gasteiger partial charge in [0.05, 0.1) is 13.0 Å². The number of alkyl carbamates (subject to hydrolysis) is 1. The lowest BCUT2D eigenvalue weighted by atomic mass is 9.73. The Bertz CT molecular complexity index is 1320. The molecule has 5 rings (SSSR count). The Morgan fingerprint density at radius 2 is 1.50 bits per heavy atom. The fourth-order valence-electron chi connectivity index (χ4n) is 4.92. The van der Waals surface area contributed by atoms with Gasteiger partial charge in [-0.15, -0.1) is 0 Å². The molecular weight excluding hydrogens is 450 g/mol. The molecule has 1 aliphatic rings. The number of carbonyl (C=O) groups is 1. The van der Waals surface area contributed by atoms with Crippen molar-refractivity contribution in [3.05, 3.63) is 131 Å². The highest BCUT2D eigenvalue weighted by Gasteiger charge is 2.41. The van der Waals surface area contributed by atoms with Crippen LogP contribution in [-0.4, -0.2) is 19.4 Å². The average molecular weight is 480 g/mol. The number of carbonyl (C=O) groups excluding carboxylic acids is 1. The summed E-state index contributed by atoms with van der Waals surface area (Å²) in [6.45, 7) is 2.28. The number of fused-ring (bicyclic) bond motifs is 1. The first-order chi connectivity index (χ1) is 17.6. The van der Waals surface area contributed by atoms with E-state index in [1.54, 1.807) is 7.11 Å². The van der Waals surface area contributed by atoms with E-state index in [4.69, 9.17) is 14.2 Å². The Hall–Kier alpha value is -4.25. The third-order valence-corrected chi connectivity index (χ3v) is 6.69. The van der Waals surface area contributed by atoms with Crippen molar-refractivity contribution in [2.75, 3.05) is 7.11 Å². The molecule has 4 aromatic carbocycles. The van der Waals surface area contributed by atoms with Crippen molar-refractivity contribution in [1.29, 1.82) is 0 Å². The number of rotatable bonds is 6. The summed E-state index contributed by atoms with van der Waals surface area (Å²) in [6.07, 6.45) is -1.15. The topological polar surface area (TPSA) is 56.8 Å². The standard InChI is InChI=1S/C31H29NO4/c1-21-10-6-7-13-25(21)29-28(23-16-18-24(34-2)19-17-23)26-14-8-9-15-27(26)36-30(29)32-31(33)35-20-22-11-4-3-5-12-22/h3-19,28-30H,20H2,1-2H3,(H,32,33)/t28-,29+,30+/m1/s1. The molecule has 1 aliphatic heterocycles. The van der Waals surface area contributed by atoms with Gasteiger partial charge in [0.1, 0.15) is 18.1 Å². The van der Waals surface area contributed by atoms with Gasteiger partial charge in [0, 0.05) is 11.5 Å². The number of benzene rings is 4. The van der Waals surface area contributed by atoms with Crippen LogP contribution in [0.1, 0.15) is 39.7 Å². The molecule has 5 heteroatoms. The molecule has 3 atom stereocenters. The minimum Gasteiger partial charge on any atom is -0.497 e. The predicted octanol–water partition coefficient (Wildman–Crippen LogP) is 6.56. The highest BCUT2D eigenvalue weighted by atomic mass is 16.6. The molecule has 0 unspecified atom stereocenters. The van der Waals surface area contributed by atoms with Gasteiger partial charge >= 0.3 is 6.09 Å². The lowest BCUT2D eigenvalue weighted by Crippen LogP contribution is -2.48. The number of amides is 1.